The van der Waals surface area contributed by atoms with Crippen molar-refractivity contribution in [3.05, 3.63) is 52.5 Å². The normalized spacial score (nSPS) is 19.5. The average Bonchev–Trinajstić information content (AvgIpc) is 3.40. The number of esters is 1. The molecule has 3 atom stereocenters. The molecule has 1 aromatic carbocycles. The van der Waals surface area contributed by atoms with Gasteiger partial charge in [-0.25, -0.2) is 0 Å². The average molecular weight is 535 g/mol. The third kappa shape index (κ3) is 6.49. The number of likely N-dealkylation sites (tertiary alicyclic amines) is 1. The molecule has 0 spiro atoms. The molecule has 1 N–H and O–H groups in total. The van der Waals surface area contributed by atoms with Crippen LogP contribution in [0, 0.1) is 11.8 Å². The van der Waals surface area contributed by atoms with E-state index in [4.69, 9.17) is 21.1 Å². The Labute approximate surface area is 219 Å². The maximum absolute atomic E-state index is 12.6. The summed E-state index contributed by atoms with van der Waals surface area (Å²) >= 11 is 10.1. The number of carbonyl (C=O) groups is 1. The summed E-state index contributed by atoms with van der Waals surface area (Å²) in [6, 6.07) is 9.77. The van der Waals surface area contributed by atoms with Crippen molar-refractivity contribution < 1.29 is 19.4 Å². The second-order valence-corrected chi connectivity index (χ2v) is 11.5. The third-order valence-corrected chi connectivity index (χ3v) is 9.12. The molecule has 9 heteroatoms. The van der Waals surface area contributed by atoms with Crippen LogP contribution >= 0.6 is 34.7 Å². The van der Waals surface area contributed by atoms with E-state index in [0.717, 1.165) is 36.2 Å². The molecule has 3 aromatic rings. The van der Waals surface area contributed by atoms with E-state index in [1.54, 1.807) is 24.6 Å². The Bertz CT molecular complexity index is 1130. The minimum atomic E-state index is -0.765. The molecule has 1 aliphatic heterocycles. The van der Waals surface area contributed by atoms with Crippen LogP contribution in [-0.4, -0.2) is 60.6 Å². The van der Waals surface area contributed by atoms with Crippen LogP contribution in [0.2, 0.25) is 5.02 Å². The van der Waals surface area contributed by atoms with Gasteiger partial charge in [0.15, 0.2) is 0 Å². The molecule has 35 heavy (non-hydrogen) atoms. The Balaban J connectivity index is 1.40. The van der Waals surface area contributed by atoms with E-state index in [1.807, 2.05) is 30.0 Å². The van der Waals surface area contributed by atoms with Gasteiger partial charge in [0.1, 0.15) is 5.75 Å². The van der Waals surface area contributed by atoms with Crippen molar-refractivity contribution >= 4 is 51.6 Å². The fraction of sp³-hybridized carbons (Fsp3) is 0.462. The number of thiophene rings is 1. The number of piperidine rings is 1. The monoisotopic (exact) mass is 534 g/mol. The maximum atomic E-state index is 12.6. The highest BCUT2D eigenvalue weighted by Crippen LogP contribution is 2.37. The first kappa shape index (κ1) is 26.2. The third-order valence-electron chi connectivity index (χ3n) is 6.70. The van der Waals surface area contributed by atoms with E-state index < -0.39 is 6.10 Å². The number of ether oxygens (including phenoxy) is 2. The van der Waals surface area contributed by atoms with Gasteiger partial charge in [-0.1, -0.05) is 17.7 Å². The molecule has 4 rings (SSSR count). The number of hydrogen-bond donors (Lipinski definition) is 1. The smallest absolute Gasteiger partial charge is 0.310 e. The molecule has 0 aliphatic carbocycles. The molecule has 0 radical (unpaired) electrons. The molecule has 3 heterocycles. The molecule has 188 valence electrons. The van der Waals surface area contributed by atoms with Gasteiger partial charge < -0.3 is 19.5 Å². The zero-order valence-electron chi connectivity index (χ0n) is 20.0. The molecule has 0 amide bonds. The molecule has 6 nitrogen and oxygen atoms in total. The molecule has 0 saturated carbocycles. The van der Waals surface area contributed by atoms with Crippen molar-refractivity contribution in [2.45, 2.75) is 29.6 Å². The molecule has 2 aromatic heterocycles. The minimum absolute atomic E-state index is 0.153. The zero-order chi connectivity index (χ0) is 24.8. The molecule has 1 saturated heterocycles. The SMILES string of the molecule is COC(=O)[C@H]1CN(CCSc2cccs2)CC[C@H]1CC[C@@H](O)c1c(Cl)cnc2ccc(OC)cc12. The molecular weight excluding hydrogens is 504 g/mol. The summed E-state index contributed by atoms with van der Waals surface area (Å²) in [6.07, 6.45) is 2.93. The van der Waals surface area contributed by atoms with Gasteiger partial charge >= 0.3 is 5.97 Å². The lowest BCUT2D eigenvalue weighted by Gasteiger charge is -2.37. The zero-order valence-corrected chi connectivity index (χ0v) is 22.4. The number of hydrogen-bond acceptors (Lipinski definition) is 8. The predicted octanol–water partition coefficient (Wildman–Crippen LogP) is 5.68. The van der Waals surface area contributed by atoms with Crippen molar-refractivity contribution in [2.75, 3.05) is 39.6 Å². The minimum Gasteiger partial charge on any atom is -0.497 e. The first-order valence-corrected chi connectivity index (χ1v) is 14.0. The van der Waals surface area contributed by atoms with Crippen LogP contribution in [0.25, 0.3) is 10.9 Å². The highest BCUT2D eigenvalue weighted by Gasteiger charge is 2.35. The number of benzene rings is 1. The van der Waals surface area contributed by atoms with Crippen molar-refractivity contribution in [3.8, 4) is 5.75 Å². The number of carbonyl (C=O) groups excluding carboxylic acids is 1. The van der Waals surface area contributed by atoms with E-state index in [0.29, 0.717) is 35.7 Å². The summed E-state index contributed by atoms with van der Waals surface area (Å²) in [6.45, 7) is 2.57. The van der Waals surface area contributed by atoms with Crippen LogP contribution in [0.1, 0.15) is 30.9 Å². The summed E-state index contributed by atoms with van der Waals surface area (Å²) in [4.78, 5) is 19.4. The number of aromatic nitrogens is 1. The second kappa shape index (κ2) is 12.4. The van der Waals surface area contributed by atoms with E-state index in [2.05, 4.69) is 27.4 Å². The lowest BCUT2D eigenvalue weighted by atomic mass is 9.81. The van der Waals surface area contributed by atoms with Crippen LogP contribution in [0.5, 0.6) is 5.75 Å². The highest BCUT2D eigenvalue weighted by molar-refractivity contribution is 8.01. The number of thioether (sulfide) groups is 1. The van der Waals surface area contributed by atoms with Gasteiger partial charge in [0, 0.05) is 36.0 Å². The van der Waals surface area contributed by atoms with Crippen LogP contribution < -0.4 is 4.74 Å². The highest BCUT2D eigenvalue weighted by atomic mass is 35.5. The van der Waals surface area contributed by atoms with E-state index >= 15 is 0 Å². The van der Waals surface area contributed by atoms with Crippen LogP contribution in [0.3, 0.4) is 0 Å². The first-order valence-electron chi connectivity index (χ1n) is 11.8. The van der Waals surface area contributed by atoms with Gasteiger partial charge in [-0.3, -0.25) is 9.78 Å². The Morgan fingerprint density at radius 2 is 2.23 bits per heavy atom. The number of nitrogens with zero attached hydrogens (tertiary/aromatic N) is 2. The topological polar surface area (TPSA) is 71.9 Å². The van der Waals surface area contributed by atoms with Crippen LogP contribution in [-0.2, 0) is 9.53 Å². The molecule has 0 bridgehead atoms. The number of fused-ring (bicyclic) bond motifs is 1. The molecule has 1 aliphatic rings. The van der Waals surface area contributed by atoms with Crippen molar-refractivity contribution in [1.82, 2.24) is 9.88 Å². The van der Waals surface area contributed by atoms with Crippen molar-refractivity contribution in [2.24, 2.45) is 11.8 Å². The van der Waals surface area contributed by atoms with Crippen LogP contribution in [0.4, 0.5) is 0 Å². The van der Waals surface area contributed by atoms with Gasteiger partial charge in [0.05, 0.1) is 41.0 Å². The Morgan fingerprint density at radius 3 is 2.97 bits per heavy atom. The molecule has 1 fully saturated rings. The summed E-state index contributed by atoms with van der Waals surface area (Å²) in [5.74, 6) is 1.47. The lowest BCUT2D eigenvalue weighted by molar-refractivity contribution is -0.150. The van der Waals surface area contributed by atoms with Crippen LogP contribution in [0.15, 0.2) is 46.1 Å². The Kier molecular flexibility index (Phi) is 9.30. The second-order valence-electron chi connectivity index (χ2n) is 8.76. The van der Waals surface area contributed by atoms with E-state index in [9.17, 15) is 9.90 Å². The summed E-state index contributed by atoms with van der Waals surface area (Å²) in [7, 11) is 3.06. The van der Waals surface area contributed by atoms with Crippen molar-refractivity contribution in [3.63, 3.8) is 0 Å². The fourth-order valence-corrected chi connectivity index (χ4v) is 6.95. The Morgan fingerprint density at radius 1 is 1.37 bits per heavy atom. The summed E-state index contributed by atoms with van der Waals surface area (Å²) < 4.78 is 11.8. The number of methoxy groups -OCH3 is 2. The fourth-order valence-electron chi connectivity index (χ4n) is 4.81. The largest absolute Gasteiger partial charge is 0.497 e. The number of aliphatic hydroxyl groups is 1. The van der Waals surface area contributed by atoms with Gasteiger partial charge in [0.25, 0.3) is 0 Å². The molecular formula is C26H31ClN2O4S2. The predicted molar refractivity (Wildman–Crippen MR) is 143 cm³/mol. The van der Waals surface area contributed by atoms with Gasteiger partial charge in [-0.2, -0.15) is 0 Å². The number of rotatable bonds is 10. The summed E-state index contributed by atoms with van der Waals surface area (Å²) in [5.41, 5.74) is 1.42. The van der Waals surface area contributed by atoms with Gasteiger partial charge in [0.2, 0.25) is 0 Å². The van der Waals surface area contributed by atoms with Crippen molar-refractivity contribution in [1.29, 1.82) is 0 Å². The summed E-state index contributed by atoms with van der Waals surface area (Å²) in [5, 5.41) is 14.5. The van der Waals surface area contributed by atoms with E-state index in [1.165, 1.54) is 11.3 Å². The number of aliphatic hydroxyl groups excluding tert-OH is 1. The van der Waals surface area contributed by atoms with Gasteiger partial charge in [-0.15, -0.1) is 23.1 Å². The number of halogens is 1. The van der Waals surface area contributed by atoms with E-state index in [-0.39, 0.29) is 17.8 Å². The molecule has 0 unspecified atom stereocenters. The quantitative estimate of drug-likeness (QED) is 0.265. The lowest BCUT2D eigenvalue weighted by Crippen LogP contribution is -2.45. The number of pyridine rings is 1. The first-order chi connectivity index (χ1) is 17.0. The standard InChI is InChI=1S/C26H31ClN2O4S2/c1-32-18-6-7-22-19(14-18)25(21(27)15-28-22)23(30)8-5-17-9-10-29(16-20(17)26(31)33-2)11-13-35-24-4-3-12-34-24/h3-4,6-7,12,14-15,17,20,23,30H,5,8-11,13,16H2,1-2H3/t17-,20+,23-/m1/s1. The van der Waals surface area contributed by atoms with Gasteiger partial charge in [-0.05, 0) is 61.4 Å². The Hall–Kier alpha value is -1.84. The maximum Gasteiger partial charge on any atom is 0.310 e.